The number of anilines is 1. The van der Waals surface area contributed by atoms with Crippen molar-refractivity contribution in [3.8, 4) is 11.5 Å². The maximum absolute atomic E-state index is 12.6. The minimum atomic E-state index is -3.69. The Morgan fingerprint density at radius 3 is 2.20 bits per heavy atom. The van der Waals surface area contributed by atoms with Crippen LogP contribution in [0.1, 0.15) is 39.0 Å². The Kier molecular flexibility index (Phi) is 7.10. The molecular weight excluding hydrogens is 402 g/mol. The number of ether oxygens (including phenoxy) is 1. The van der Waals surface area contributed by atoms with Gasteiger partial charge in [0.1, 0.15) is 17.5 Å². The van der Waals surface area contributed by atoms with Gasteiger partial charge < -0.3 is 4.74 Å². The van der Waals surface area contributed by atoms with Gasteiger partial charge in [0.15, 0.2) is 0 Å². The third-order valence-electron chi connectivity index (χ3n) is 4.91. The Labute approximate surface area is 177 Å². The Hall–Kier alpha value is -2.87. The topological polar surface area (TPSA) is 88.1 Å². The summed E-state index contributed by atoms with van der Waals surface area (Å²) in [5.74, 6) is 0.780. The fourth-order valence-corrected chi connectivity index (χ4v) is 4.57. The molecule has 2 aromatic carbocycles. The average Bonchev–Trinajstić information content (AvgIpc) is 2.74. The minimum absolute atomic E-state index is 0.380. The van der Waals surface area contributed by atoms with E-state index < -0.39 is 22.0 Å². The largest absolute Gasteiger partial charge is 0.457 e. The zero-order valence-corrected chi connectivity index (χ0v) is 18.1. The summed E-state index contributed by atoms with van der Waals surface area (Å²) >= 11 is 0. The van der Waals surface area contributed by atoms with Gasteiger partial charge in [0.25, 0.3) is 5.91 Å². The third-order valence-corrected chi connectivity index (χ3v) is 6.16. The van der Waals surface area contributed by atoms with E-state index in [1.54, 1.807) is 31.2 Å². The molecule has 0 aromatic heterocycles. The number of rotatable bonds is 7. The van der Waals surface area contributed by atoms with Gasteiger partial charge in [-0.1, -0.05) is 24.6 Å². The van der Waals surface area contributed by atoms with Crippen molar-refractivity contribution in [2.75, 3.05) is 10.6 Å². The zero-order chi connectivity index (χ0) is 21.6. The van der Waals surface area contributed by atoms with Crippen molar-refractivity contribution >= 4 is 27.3 Å². The Balaban J connectivity index is 1.74. The molecule has 0 bridgehead atoms. The van der Waals surface area contributed by atoms with E-state index in [0.29, 0.717) is 17.2 Å². The lowest BCUT2D eigenvalue weighted by Crippen LogP contribution is -2.47. The summed E-state index contributed by atoms with van der Waals surface area (Å²) in [4.78, 5) is 12.6. The average molecular weight is 430 g/mol. The Bertz CT molecular complexity index is 981. The summed E-state index contributed by atoms with van der Waals surface area (Å²) in [7, 11) is -3.69. The molecule has 1 N–H and O–H groups in total. The summed E-state index contributed by atoms with van der Waals surface area (Å²) in [6.07, 6.45) is 6.13. The summed E-state index contributed by atoms with van der Waals surface area (Å²) in [5, 5.41) is 4.20. The lowest BCUT2D eigenvalue weighted by molar-refractivity contribution is -0.121. The molecule has 1 atom stereocenters. The number of carbonyl (C=O) groups is 1. The molecule has 1 amide bonds. The molecule has 0 radical (unpaired) electrons. The highest BCUT2D eigenvalue weighted by Crippen LogP contribution is 2.27. The maximum atomic E-state index is 12.6. The molecule has 8 heteroatoms. The molecule has 1 aliphatic carbocycles. The molecule has 2 aromatic rings. The lowest BCUT2D eigenvalue weighted by atomic mass is 9.99. The van der Waals surface area contributed by atoms with Gasteiger partial charge in [0.2, 0.25) is 10.0 Å². The quantitative estimate of drug-likeness (QED) is 0.672. The van der Waals surface area contributed by atoms with Crippen molar-refractivity contribution < 1.29 is 17.9 Å². The second-order valence-corrected chi connectivity index (χ2v) is 9.22. The highest BCUT2D eigenvalue weighted by Gasteiger charge is 2.29. The fraction of sp³-hybridized carbons (Fsp3) is 0.364. The smallest absolute Gasteiger partial charge is 0.263 e. The molecule has 1 fully saturated rings. The normalized spacial score (nSPS) is 15.2. The van der Waals surface area contributed by atoms with Gasteiger partial charge in [-0.15, -0.1) is 0 Å². The molecule has 0 unspecified atom stereocenters. The molecule has 7 nitrogen and oxygen atoms in total. The van der Waals surface area contributed by atoms with Gasteiger partial charge >= 0.3 is 0 Å². The summed E-state index contributed by atoms with van der Waals surface area (Å²) in [5.41, 5.74) is 3.87. The van der Waals surface area contributed by atoms with Crippen molar-refractivity contribution in [3.63, 3.8) is 0 Å². The molecule has 0 heterocycles. The third kappa shape index (κ3) is 5.82. The number of benzene rings is 2. The van der Waals surface area contributed by atoms with E-state index in [9.17, 15) is 13.2 Å². The van der Waals surface area contributed by atoms with Crippen LogP contribution in [0.5, 0.6) is 11.5 Å². The maximum Gasteiger partial charge on any atom is 0.263 e. The molecular formula is C22H27N3O4S. The predicted molar refractivity (Wildman–Crippen MR) is 118 cm³/mol. The van der Waals surface area contributed by atoms with E-state index >= 15 is 0 Å². The van der Waals surface area contributed by atoms with Crippen LogP contribution in [0.4, 0.5) is 5.69 Å². The molecule has 0 spiro atoms. The molecule has 160 valence electrons. The molecule has 0 aliphatic heterocycles. The van der Waals surface area contributed by atoms with Gasteiger partial charge in [-0.3, -0.25) is 9.10 Å². The van der Waals surface area contributed by atoms with E-state index in [1.807, 2.05) is 30.3 Å². The van der Waals surface area contributed by atoms with E-state index in [4.69, 9.17) is 4.74 Å². The number of hydrogen-bond acceptors (Lipinski definition) is 5. The number of hydrogen-bond donors (Lipinski definition) is 1. The molecule has 1 aliphatic rings. The van der Waals surface area contributed by atoms with Crippen LogP contribution >= 0.6 is 0 Å². The first-order chi connectivity index (χ1) is 14.3. The molecule has 0 saturated heterocycles. The number of amides is 1. The number of hydrazone groups is 1. The van der Waals surface area contributed by atoms with E-state index in [1.165, 1.54) is 6.42 Å². The van der Waals surface area contributed by atoms with E-state index in [-0.39, 0.29) is 0 Å². The van der Waals surface area contributed by atoms with Crippen LogP contribution in [0.15, 0.2) is 59.7 Å². The van der Waals surface area contributed by atoms with Crippen LogP contribution < -0.4 is 14.5 Å². The van der Waals surface area contributed by atoms with E-state index in [2.05, 4.69) is 10.5 Å². The first-order valence-electron chi connectivity index (χ1n) is 10.0. The fourth-order valence-electron chi connectivity index (χ4n) is 3.39. The molecule has 30 heavy (non-hydrogen) atoms. The predicted octanol–water partition coefficient (Wildman–Crippen LogP) is 4.07. The van der Waals surface area contributed by atoms with Crippen LogP contribution in [-0.2, 0) is 14.8 Å². The zero-order valence-electron chi connectivity index (χ0n) is 17.2. The first-order valence-corrected chi connectivity index (χ1v) is 11.9. The van der Waals surface area contributed by atoms with Gasteiger partial charge in [0.05, 0.1) is 11.9 Å². The Morgan fingerprint density at radius 2 is 1.60 bits per heavy atom. The second-order valence-electron chi connectivity index (χ2n) is 7.36. The minimum Gasteiger partial charge on any atom is -0.457 e. The van der Waals surface area contributed by atoms with Crippen molar-refractivity contribution in [1.82, 2.24) is 5.43 Å². The van der Waals surface area contributed by atoms with Gasteiger partial charge in [-0.2, -0.15) is 5.10 Å². The van der Waals surface area contributed by atoms with Gasteiger partial charge in [0, 0.05) is 5.71 Å². The van der Waals surface area contributed by atoms with Crippen LogP contribution in [0.2, 0.25) is 0 Å². The number of carbonyl (C=O) groups excluding carboxylic acids is 1. The number of nitrogens with zero attached hydrogens (tertiary/aromatic N) is 2. The van der Waals surface area contributed by atoms with Crippen LogP contribution in [0.3, 0.4) is 0 Å². The second kappa shape index (κ2) is 9.75. The van der Waals surface area contributed by atoms with Crippen molar-refractivity contribution in [2.24, 2.45) is 5.10 Å². The monoisotopic (exact) mass is 429 g/mol. The van der Waals surface area contributed by atoms with Crippen LogP contribution in [-0.4, -0.2) is 32.3 Å². The summed E-state index contributed by atoms with van der Waals surface area (Å²) in [6, 6.07) is 14.9. The number of sulfonamides is 1. The van der Waals surface area contributed by atoms with Crippen molar-refractivity contribution in [1.29, 1.82) is 0 Å². The van der Waals surface area contributed by atoms with Gasteiger partial charge in [-0.25, -0.2) is 13.8 Å². The standard InChI is InChI=1S/C22H27N3O4S/c1-17(22(26)24-23-18-9-5-3-6-10-18)25(30(2,27)28)19-13-15-21(16-14-19)29-20-11-7-4-8-12-20/h4,7-8,11-17H,3,5-6,9-10H2,1-2H3,(H,24,26)/t17-/m1/s1. The highest BCUT2D eigenvalue weighted by molar-refractivity contribution is 7.92. The van der Waals surface area contributed by atoms with Crippen LogP contribution in [0, 0.1) is 0 Å². The first kappa shape index (κ1) is 21.8. The summed E-state index contributed by atoms with van der Waals surface area (Å²) < 4.78 is 31.7. The molecule has 1 saturated carbocycles. The van der Waals surface area contributed by atoms with Gasteiger partial charge in [-0.05, 0) is 69.0 Å². The highest BCUT2D eigenvalue weighted by atomic mass is 32.2. The number of para-hydroxylation sites is 1. The lowest BCUT2D eigenvalue weighted by Gasteiger charge is -2.28. The van der Waals surface area contributed by atoms with Crippen LogP contribution in [0.25, 0.3) is 0 Å². The summed E-state index contributed by atoms with van der Waals surface area (Å²) in [6.45, 7) is 1.55. The van der Waals surface area contributed by atoms with Crippen molar-refractivity contribution in [3.05, 3.63) is 54.6 Å². The molecule has 3 rings (SSSR count). The SMILES string of the molecule is C[C@H](C(=O)NN=C1CCCCC1)N(c1ccc(Oc2ccccc2)cc1)S(C)(=O)=O. The Morgan fingerprint density at radius 1 is 1.00 bits per heavy atom. The van der Waals surface area contributed by atoms with E-state index in [0.717, 1.165) is 42.0 Å². The number of nitrogens with one attached hydrogen (secondary N) is 1. The van der Waals surface area contributed by atoms with Crippen molar-refractivity contribution in [2.45, 2.75) is 45.1 Å².